The lowest BCUT2D eigenvalue weighted by atomic mass is 10.1. The molecule has 0 unspecified atom stereocenters. The van der Waals surface area contributed by atoms with Crippen LogP contribution < -0.4 is 10.6 Å². The number of anilines is 1. The van der Waals surface area contributed by atoms with Crippen molar-refractivity contribution in [1.82, 2.24) is 14.6 Å². The number of fused-ring (bicyclic) bond motifs is 1. The van der Waals surface area contributed by atoms with E-state index in [0.717, 1.165) is 43.2 Å². The fourth-order valence-electron chi connectivity index (χ4n) is 2.26. The molecule has 0 atom stereocenters. The van der Waals surface area contributed by atoms with Crippen LogP contribution in [0.3, 0.4) is 0 Å². The lowest BCUT2D eigenvalue weighted by molar-refractivity contribution is 0.495. The highest BCUT2D eigenvalue weighted by Gasteiger charge is 2.19. The molecule has 2 N–H and O–H groups in total. The van der Waals surface area contributed by atoms with Crippen LogP contribution in [0.4, 0.5) is 5.95 Å². The van der Waals surface area contributed by atoms with Crippen molar-refractivity contribution < 1.29 is 0 Å². The molecule has 5 heteroatoms. The van der Waals surface area contributed by atoms with E-state index < -0.39 is 0 Å². The monoisotopic (exact) mass is 231 g/mol. The zero-order chi connectivity index (χ0) is 11.8. The number of pyridine rings is 1. The van der Waals surface area contributed by atoms with Crippen LogP contribution in [-0.4, -0.2) is 33.7 Å². The predicted molar refractivity (Wildman–Crippen MR) is 67.1 cm³/mol. The molecule has 0 saturated carbocycles. The molecule has 0 amide bonds. The van der Waals surface area contributed by atoms with E-state index in [-0.39, 0.29) is 0 Å². The van der Waals surface area contributed by atoms with Crippen molar-refractivity contribution in [3.05, 3.63) is 23.9 Å². The fourth-order valence-corrected chi connectivity index (χ4v) is 2.26. The van der Waals surface area contributed by atoms with Gasteiger partial charge >= 0.3 is 0 Å². The van der Waals surface area contributed by atoms with Crippen LogP contribution in [0.1, 0.15) is 18.5 Å². The molecule has 0 spiro atoms. The summed E-state index contributed by atoms with van der Waals surface area (Å²) in [6.45, 7) is 3.95. The van der Waals surface area contributed by atoms with Gasteiger partial charge in [-0.05, 0) is 31.9 Å². The molecular weight excluding hydrogens is 214 g/mol. The second-order valence-corrected chi connectivity index (χ2v) is 4.67. The Morgan fingerprint density at radius 3 is 2.76 bits per heavy atom. The number of rotatable bonds is 1. The molecule has 1 aliphatic rings. The van der Waals surface area contributed by atoms with Gasteiger partial charge in [-0.25, -0.2) is 4.52 Å². The van der Waals surface area contributed by atoms with Gasteiger partial charge in [-0.15, -0.1) is 5.10 Å². The first-order chi connectivity index (χ1) is 8.24. The lowest BCUT2D eigenvalue weighted by Crippen LogP contribution is -2.40. The zero-order valence-corrected chi connectivity index (χ0v) is 10.0. The molecule has 3 rings (SSSR count). The summed E-state index contributed by atoms with van der Waals surface area (Å²) in [6, 6.07) is 6.37. The van der Waals surface area contributed by atoms with E-state index in [2.05, 4.69) is 15.0 Å². The van der Waals surface area contributed by atoms with Crippen LogP contribution in [-0.2, 0) is 0 Å². The second-order valence-electron chi connectivity index (χ2n) is 4.67. The zero-order valence-electron chi connectivity index (χ0n) is 10.0. The SMILES string of the molecule is Cc1cccc2nc(N3CCC(N)CC3)nn12. The number of aromatic nitrogens is 3. The van der Waals surface area contributed by atoms with Gasteiger partial charge < -0.3 is 10.6 Å². The molecular formula is C12H17N5. The minimum atomic E-state index is 0.338. The third kappa shape index (κ3) is 1.86. The Labute approximate surface area is 100 Å². The fraction of sp³-hybridized carbons (Fsp3) is 0.500. The van der Waals surface area contributed by atoms with Crippen molar-refractivity contribution in [2.75, 3.05) is 18.0 Å². The van der Waals surface area contributed by atoms with Crippen molar-refractivity contribution in [2.24, 2.45) is 5.73 Å². The van der Waals surface area contributed by atoms with Gasteiger partial charge in [-0.2, -0.15) is 4.98 Å². The first-order valence-electron chi connectivity index (χ1n) is 6.07. The molecule has 5 nitrogen and oxygen atoms in total. The average Bonchev–Trinajstić information content (AvgIpc) is 2.75. The molecule has 2 aromatic heterocycles. The van der Waals surface area contributed by atoms with Crippen molar-refractivity contribution in [3.63, 3.8) is 0 Å². The molecule has 1 saturated heterocycles. The minimum Gasteiger partial charge on any atom is -0.339 e. The van der Waals surface area contributed by atoms with E-state index in [1.54, 1.807) is 0 Å². The second kappa shape index (κ2) is 4.00. The third-order valence-corrected chi connectivity index (χ3v) is 3.36. The van der Waals surface area contributed by atoms with Gasteiger partial charge in [0.1, 0.15) is 0 Å². The van der Waals surface area contributed by atoms with Crippen LogP contribution in [0.25, 0.3) is 5.65 Å². The normalized spacial score (nSPS) is 17.9. The number of piperidine rings is 1. The van der Waals surface area contributed by atoms with Crippen molar-refractivity contribution >= 4 is 11.6 Å². The van der Waals surface area contributed by atoms with Crippen LogP contribution in [0.2, 0.25) is 0 Å². The van der Waals surface area contributed by atoms with E-state index in [9.17, 15) is 0 Å². The highest BCUT2D eigenvalue weighted by Crippen LogP contribution is 2.17. The van der Waals surface area contributed by atoms with Crippen LogP contribution in [0.5, 0.6) is 0 Å². The largest absolute Gasteiger partial charge is 0.339 e. The van der Waals surface area contributed by atoms with Crippen molar-refractivity contribution in [1.29, 1.82) is 0 Å². The molecule has 17 heavy (non-hydrogen) atoms. The van der Waals surface area contributed by atoms with Crippen LogP contribution >= 0.6 is 0 Å². The molecule has 0 bridgehead atoms. The van der Waals surface area contributed by atoms with E-state index in [4.69, 9.17) is 5.73 Å². The maximum absolute atomic E-state index is 5.90. The van der Waals surface area contributed by atoms with Gasteiger partial charge in [0, 0.05) is 24.8 Å². The molecule has 90 valence electrons. The Morgan fingerprint density at radius 1 is 1.29 bits per heavy atom. The maximum Gasteiger partial charge on any atom is 0.245 e. The Hall–Kier alpha value is -1.62. The molecule has 3 heterocycles. The van der Waals surface area contributed by atoms with E-state index in [1.807, 2.05) is 29.6 Å². The van der Waals surface area contributed by atoms with Crippen molar-refractivity contribution in [3.8, 4) is 0 Å². The van der Waals surface area contributed by atoms with Crippen LogP contribution in [0.15, 0.2) is 18.2 Å². The van der Waals surface area contributed by atoms with Crippen LogP contribution in [0, 0.1) is 6.92 Å². The minimum absolute atomic E-state index is 0.338. The summed E-state index contributed by atoms with van der Waals surface area (Å²) >= 11 is 0. The number of nitrogens with two attached hydrogens (primary N) is 1. The van der Waals surface area contributed by atoms with Gasteiger partial charge in [-0.3, -0.25) is 0 Å². The smallest absolute Gasteiger partial charge is 0.245 e. The van der Waals surface area contributed by atoms with Gasteiger partial charge in [-0.1, -0.05) is 6.07 Å². The Morgan fingerprint density at radius 2 is 2.06 bits per heavy atom. The molecule has 0 aliphatic carbocycles. The quantitative estimate of drug-likeness (QED) is 0.794. The summed E-state index contributed by atoms with van der Waals surface area (Å²) < 4.78 is 1.89. The standard InChI is InChI=1S/C12H17N5/c1-9-3-2-4-11-14-12(15-17(9)11)16-7-5-10(13)6-8-16/h2-4,10H,5-8,13H2,1H3. The predicted octanol–water partition coefficient (Wildman–Crippen LogP) is 0.965. The van der Waals surface area contributed by atoms with Gasteiger partial charge in [0.05, 0.1) is 0 Å². The Kier molecular flexibility index (Phi) is 2.48. The first-order valence-corrected chi connectivity index (χ1v) is 6.07. The molecule has 1 aliphatic heterocycles. The van der Waals surface area contributed by atoms with Gasteiger partial charge in [0.15, 0.2) is 5.65 Å². The number of hydrogen-bond acceptors (Lipinski definition) is 4. The topological polar surface area (TPSA) is 59.5 Å². The lowest BCUT2D eigenvalue weighted by Gasteiger charge is -2.28. The van der Waals surface area contributed by atoms with Gasteiger partial charge in [0.25, 0.3) is 0 Å². The third-order valence-electron chi connectivity index (χ3n) is 3.36. The number of nitrogens with zero attached hydrogens (tertiary/aromatic N) is 4. The maximum atomic E-state index is 5.90. The summed E-state index contributed by atoms with van der Waals surface area (Å²) in [5.74, 6) is 0.825. The first kappa shape index (κ1) is 10.5. The molecule has 1 fully saturated rings. The summed E-state index contributed by atoms with van der Waals surface area (Å²) in [4.78, 5) is 6.78. The van der Waals surface area contributed by atoms with E-state index in [1.165, 1.54) is 0 Å². The highest BCUT2D eigenvalue weighted by atomic mass is 15.4. The summed E-state index contributed by atoms with van der Waals surface area (Å²) in [6.07, 6.45) is 2.04. The average molecular weight is 231 g/mol. The molecule has 2 aromatic rings. The Balaban J connectivity index is 1.93. The van der Waals surface area contributed by atoms with Crippen molar-refractivity contribution in [2.45, 2.75) is 25.8 Å². The molecule has 0 aromatic carbocycles. The van der Waals surface area contributed by atoms with E-state index in [0.29, 0.717) is 6.04 Å². The summed E-state index contributed by atoms with van der Waals surface area (Å²) in [5.41, 5.74) is 7.92. The summed E-state index contributed by atoms with van der Waals surface area (Å²) in [7, 11) is 0. The Bertz CT molecular complexity index is 525. The highest BCUT2D eigenvalue weighted by molar-refractivity contribution is 5.45. The number of aryl methyl sites for hydroxylation is 1. The summed E-state index contributed by atoms with van der Waals surface area (Å²) in [5, 5.41) is 4.55. The van der Waals surface area contributed by atoms with Gasteiger partial charge in [0.2, 0.25) is 5.95 Å². The molecule has 0 radical (unpaired) electrons. The van der Waals surface area contributed by atoms with E-state index >= 15 is 0 Å². The number of hydrogen-bond donors (Lipinski definition) is 1.